The van der Waals surface area contributed by atoms with E-state index in [1.807, 2.05) is 19.1 Å². The Kier molecular flexibility index (Phi) is 4.47. The fourth-order valence-electron chi connectivity index (χ4n) is 1.06. The number of carbonyl (C=O) groups is 1. The van der Waals surface area contributed by atoms with Gasteiger partial charge < -0.3 is 5.32 Å². The Morgan fingerprint density at radius 2 is 2.50 bits per heavy atom. The van der Waals surface area contributed by atoms with Gasteiger partial charge in [0.05, 0.1) is 0 Å². The first kappa shape index (κ1) is 10.5. The van der Waals surface area contributed by atoms with E-state index in [4.69, 9.17) is 0 Å². The summed E-state index contributed by atoms with van der Waals surface area (Å²) in [4.78, 5) is 11.3. The monoisotopic (exact) mass is 193 g/mol. The van der Waals surface area contributed by atoms with Crippen molar-refractivity contribution in [3.63, 3.8) is 0 Å². The molecule has 0 saturated carbocycles. The lowest BCUT2D eigenvalue weighted by atomic mass is 10.4. The summed E-state index contributed by atoms with van der Waals surface area (Å²) in [5.74, 6) is -0.00166. The van der Waals surface area contributed by atoms with Crippen molar-refractivity contribution in [2.24, 2.45) is 0 Å². The zero-order valence-corrected chi connectivity index (χ0v) is 8.31. The summed E-state index contributed by atoms with van der Waals surface area (Å²) >= 11 is 0. The molecule has 0 aliphatic rings. The highest BCUT2D eigenvalue weighted by Crippen LogP contribution is 1.85. The van der Waals surface area contributed by atoms with E-state index in [2.05, 4.69) is 10.4 Å². The van der Waals surface area contributed by atoms with E-state index in [1.165, 1.54) is 0 Å². The van der Waals surface area contributed by atoms with E-state index in [0.717, 1.165) is 6.42 Å². The maximum absolute atomic E-state index is 11.3. The lowest BCUT2D eigenvalue weighted by molar-refractivity contribution is -0.121. The lowest BCUT2D eigenvalue weighted by Gasteiger charge is -2.02. The Morgan fingerprint density at radius 3 is 3.14 bits per heavy atom. The fourth-order valence-corrected chi connectivity index (χ4v) is 1.06. The molecule has 1 aromatic rings. The first-order valence-corrected chi connectivity index (χ1v) is 4.68. The van der Waals surface area contributed by atoms with Crippen molar-refractivity contribution in [1.82, 2.24) is 15.1 Å². The number of hydrogen-bond acceptors (Lipinski definition) is 2. The Balaban J connectivity index is 2.17. The van der Waals surface area contributed by atoms with Gasteiger partial charge in [0.25, 0.3) is 0 Å². The molecule has 1 N–H and O–H groups in total. The molecule has 14 heavy (non-hydrogen) atoms. The smallest absolute Gasteiger partial charge is 0.241 e. The predicted molar refractivity (Wildman–Crippen MR) is 54.7 cm³/mol. The normalized spacial score (nSPS) is 10.6. The Morgan fingerprint density at radius 1 is 1.64 bits per heavy atom. The van der Waals surface area contributed by atoms with Gasteiger partial charge in [-0.05, 0) is 19.4 Å². The Hall–Kier alpha value is -1.58. The maximum atomic E-state index is 11.3. The average molecular weight is 193 g/mol. The molecule has 0 unspecified atom stereocenters. The third-order valence-corrected chi connectivity index (χ3v) is 1.73. The van der Waals surface area contributed by atoms with Gasteiger partial charge >= 0.3 is 0 Å². The van der Waals surface area contributed by atoms with Crippen LogP contribution in [0.15, 0.2) is 30.6 Å². The van der Waals surface area contributed by atoms with Gasteiger partial charge in [-0.3, -0.25) is 9.48 Å². The van der Waals surface area contributed by atoms with Gasteiger partial charge in [0.15, 0.2) is 0 Å². The van der Waals surface area contributed by atoms with Crippen LogP contribution in [0.2, 0.25) is 0 Å². The Bertz CT molecular complexity index is 290. The van der Waals surface area contributed by atoms with Crippen molar-refractivity contribution in [3.05, 3.63) is 30.6 Å². The molecule has 1 rings (SSSR count). The van der Waals surface area contributed by atoms with E-state index < -0.39 is 0 Å². The summed E-state index contributed by atoms with van der Waals surface area (Å²) in [7, 11) is 0. The average Bonchev–Trinajstić information content (AvgIpc) is 2.65. The number of hydrogen-bond donors (Lipinski definition) is 1. The van der Waals surface area contributed by atoms with Crippen LogP contribution in [0.4, 0.5) is 0 Å². The Labute approximate surface area is 83.6 Å². The van der Waals surface area contributed by atoms with Crippen molar-refractivity contribution >= 4 is 5.91 Å². The van der Waals surface area contributed by atoms with Crippen molar-refractivity contribution in [3.8, 4) is 0 Å². The third-order valence-electron chi connectivity index (χ3n) is 1.73. The van der Waals surface area contributed by atoms with E-state index in [1.54, 1.807) is 23.1 Å². The molecule has 1 amide bonds. The van der Waals surface area contributed by atoms with Crippen LogP contribution in [0, 0.1) is 0 Å². The van der Waals surface area contributed by atoms with E-state index in [-0.39, 0.29) is 5.91 Å². The molecule has 0 bridgehead atoms. The number of allylic oxidation sites excluding steroid dienone is 1. The number of carbonyl (C=O) groups excluding carboxylic acids is 1. The minimum Gasteiger partial charge on any atom is -0.354 e. The van der Waals surface area contributed by atoms with Gasteiger partial charge in [-0.15, -0.1) is 0 Å². The molecular weight excluding hydrogens is 178 g/mol. The number of nitrogens with zero attached hydrogens (tertiary/aromatic N) is 2. The molecular formula is C10H15N3O. The first-order chi connectivity index (χ1) is 6.83. The zero-order valence-electron chi connectivity index (χ0n) is 8.31. The van der Waals surface area contributed by atoms with Crippen LogP contribution in [0.1, 0.15) is 13.3 Å². The van der Waals surface area contributed by atoms with Crippen molar-refractivity contribution in [1.29, 1.82) is 0 Å². The highest BCUT2D eigenvalue weighted by Gasteiger charge is 2.00. The quantitative estimate of drug-likeness (QED) is 0.559. The van der Waals surface area contributed by atoms with Gasteiger partial charge in [-0.2, -0.15) is 5.10 Å². The van der Waals surface area contributed by atoms with Gasteiger partial charge in [0, 0.05) is 18.9 Å². The highest BCUT2D eigenvalue weighted by molar-refractivity contribution is 5.75. The molecule has 0 aliphatic carbocycles. The standard InChI is InChI=1S/C10H15N3O/c1-2-3-4-6-11-10(14)9-13-8-5-7-12-13/h2-3,5,7-8H,4,6,9H2,1H3,(H,11,14)/b3-2+. The molecule has 4 heteroatoms. The maximum Gasteiger partial charge on any atom is 0.241 e. The number of nitrogens with one attached hydrogen (secondary N) is 1. The van der Waals surface area contributed by atoms with Crippen molar-refractivity contribution < 1.29 is 4.79 Å². The van der Waals surface area contributed by atoms with E-state index >= 15 is 0 Å². The number of amides is 1. The van der Waals surface area contributed by atoms with Crippen LogP contribution in [-0.4, -0.2) is 22.2 Å². The molecule has 0 saturated heterocycles. The minimum absolute atomic E-state index is 0.00166. The van der Waals surface area contributed by atoms with Gasteiger partial charge in [0.2, 0.25) is 5.91 Å². The summed E-state index contributed by atoms with van der Waals surface area (Å²) in [5, 5.41) is 6.75. The summed E-state index contributed by atoms with van der Waals surface area (Å²) in [6.45, 7) is 2.94. The molecule has 0 aliphatic heterocycles. The minimum atomic E-state index is -0.00166. The van der Waals surface area contributed by atoms with Crippen LogP contribution >= 0.6 is 0 Å². The summed E-state index contributed by atoms with van der Waals surface area (Å²) in [6, 6.07) is 1.80. The van der Waals surface area contributed by atoms with Crippen molar-refractivity contribution in [2.75, 3.05) is 6.54 Å². The second-order valence-corrected chi connectivity index (χ2v) is 2.91. The molecule has 0 fully saturated rings. The summed E-state index contributed by atoms with van der Waals surface area (Å²) in [6.07, 6.45) is 8.30. The molecule has 4 nitrogen and oxygen atoms in total. The SMILES string of the molecule is C/C=C/CCNC(=O)Cn1cccn1. The van der Waals surface area contributed by atoms with Crippen LogP contribution in [-0.2, 0) is 11.3 Å². The molecule has 76 valence electrons. The predicted octanol–water partition coefficient (Wildman–Crippen LogP) is 0.966. The van der Waals surface area contributed by atoms with E-state index in [9.17, 15) is 4.79 Å². The van der Waals surface area contributed by atoms with E-state index in [0.29, 0.717) is 13.1 Å². The molecule has 1 heterocycles. The second kappa shape index (κ2) is 5.96. The van der Waals surface area contributed by atoms with Crippen molar-refractivity contribution in [2.45, 2.75) is 19.9 Å². The van der Waals surface area contributed by atoms with Crippen LogP contribution < -0.4 is 5.32 Å². The number of aromatic nitrogens is 2. The topological polar surface area (TPSA) is 46.9 Å². The molecule has 0 spiro atoms. The van der Waals surface area contributed by atoms with Crippen LogP contribution in [0.3, 0.4) is 0 Å². The first-order valence-electron chi connectivity index (χ1n) is 4.68. The summed E-state index contributed by atoms with van der Waals surface area (Å²) in [5.41, 5.74) is 0. The van der Waals surface area contributed by atoms with Gasteiger partial charge in [0.1, 0.15) is 6.54 Å². The number of rotatable bonds is 5. The fraction of sp³-hybridized carbons (Fsp3) is 0.400. The van der Waals surface area contributed by atoms with Gasteiger partial charge in [-0.25, -0.2) is 0 Å². The third kappa shape index (κ3) is 3.89. The lowest BCUT2D eigenvalue weighted by Crippen LogP contribution is -2.28. The van der Waals surface area contributed by atoms with Gasteiger partial charge in [-0.1, -0.05) is 12.2 Å². The van der Waals surface area contributed by atoms with Crippen LogP contribution in [0.25, 0.3) is 0 Å². The zero-order chi connectivity index (χ0) is 10.2. The second-order valence-electron chi connectivity index (χ2n) is 2.91. The largest absolute Gasteiger partial charge is 0.354 e. The molecule has 1 aromatic heterocycles. The summed E-state index contributed by atoms with van der Waals surface area (Å²) < 4.78 is 1.60. The molecule has 0 atom stereocenters. The highest BCUT2D eigenvalue weighted by atomic mass is 16.2. The molecule has 0 radical (unpaired) electrons. The van der Waals surface area contributed by atoms with Crippen LogP contribution in [0.5, 0.6) is 0 Å². The molecule has 0 aromatic carbocycles.